The topological polar surface area (TPSA) is 3.24 Å². The average molecular weight is 231 g/mol. The summed E-state index contributed by atoms with van der Waals surface area (Å²) in [5, 5.41) is 0. The molecule has 0 bridgehead atoms. The van der Waals surface area contributed by atoms with Gasteiger partial charge >= 0.3 is 0 Å². The maximum Gasteiger partial charge on any atom is 0.00352 e. The Labute approximate surface area is 106 Å². The lowest BCUT2D eigenvalue weighted by molar-refractivity contribution is 0.261. The van der Waals surface area contributed by atoms with Crippen LogP contribution in [0.15, 0.2) is 0 Å². The number of hydrogen-bond acceptors (Lipinski definition) is 1. The van der Waals surface area contributed by atoms with E-state index in [4.69, 9.17) is 0 Å². The van der Waals surface area contributed by atoms with Gasteiger partial charge in [-0.25, -0.2) is 0 Å². The van der Waals surface area contributed by atoms with Crippen LogP contribution in [0, 0.1) is 5.41 Å². The second-order valence-electron chi connectivity index (χ2n) is 3.69. The lowest BCUT2D eigenvalue weighted by Crippen LogP contribution is -2.23. The first-order chi connectivity index (χ1) is 7.72. The van der Waals surface area contributed by atoms with Gasteiger partial charge < -0.3 is 4.90 Å². The molecule has 102 valence electrons. The maximum absolute atomic E-state index is 2.45. The molecule has 1 aliphatic rings. The molecule has 0 amide bonds. The predicted molar refractivity (Wildman–Crippen MR) is 79.2 cm³/mol. The number of likely N-dealkylation sites (tertiary alicyclic amines) is 1. The zero-order valence-corrected chi connectivity index (χ0v) is 13.5. The van der Waals surface area contributed by atoms with Crippen molar-refractivity contribution in [3.05, 3.63) is 0 Å². The third-order valence-electron chi connectivity index (χ3n) is 3.13. The van der Waals surface area contributed by atoms with Gasteiger partial charge in [-0.3, -0.25) is 0 Å². The van der Waals surface area contributed by atoms with Gasteiger partial charge in [0.2, 0.25) is 0 Å². The molecule has 0 atom stereocenters. The van der Waals surface area contributed by atoms with Gasteiger partial charge in [-0.1, -0.05) is 55.4 Å². The van der Waals surface area contributed by atoms with Crippen LogP contribution in [-0.2, 0) is 0 Å². The van der Waals surface area contributed by atoms with Crippen LogP contribution >= 0.6 is 0 Å². The summed E-state index contributed by atoms with van der Waals surface area (Å²) in [5.41, 5.74) is 0.675. The summed E-state index contributed by atoms with van der Waals surface area (Å²) in [4.78, 5) is 2.45. The largest absolute Gasteiger partial charge is 0.306 e. The lowest BCUT2D eigenvalue weighted by Gasteiger charge is -2.25. The second-order valence-corrected chi connectivity index (χ2v) is 3.69. The molecule has 1 rings (SSSR count). The molecule has 1 saturated heterocycles. The minimum Gasteiger partial charge on any atom is -0.306 e. The Hall–Kier alpha value is -0.0400. The highest BCUT2D eigenvalue weighted by molar-refractivity contribution is 4.86. The summed E-state index contributed by atoms with van der Waals surface area (Å²) in [6, 6.07) is 0. The van der Waals surface area contributed by atoms with Gasteiger partial charge in [0.25, 0.3) is 0 Å². The zero-order chi connectivity index (χ0) is 13.6. The molecule has 0 radical (unpaired) electrons. The van der Waals surface area contributed by atoms with Gasteiger partial charge in [0, 0.05) is 6.54 Å². The Kier molecular flexibility index (Phi) is 19.9. The molecule has 16 heavy (non-hydrogen) atoms. The van der Waals surface area contributed by atoms with Crippen molar-refractivity contribution in [2.75, 3.05) is 20.1 Å². The van der Waals surface area contributed by atoms with Crippen molar-refractivity contribution in [1.82, 2.24) is 4.90 Å². The minimum atomic E-state index is 0.675. The normalized spacial score (nSPS) is 17.1. The van der Waals surface area contributed by atoms with Crippen LogP contribution in [-0.4, -0.2) is 25.0 Å². The molecule has 1 heterocycles. The molecule has 0 aromatic heterocycles. The molecule has 0 saturated carbocycles. The first-order valence-corrected chi connectivity index (χ1v) is 7.41. The molecule has 0 spiro atoms. The van der Waals surface area contributed by atoms with Gasteiger partial charge in [0.1, 0.15) is 0 Å². The third-order valence-corrected chi connectivity index (χ3v) is 3.13. The summed E-state index contributed by atoms with van der Waals surface area (Å²) in [5.74, 6) is 0. The van der Waals surface area contributed by atoms with E-state index >= 15 is 0 Å². The van der Waals surface area contributed by atoms with Crippen LogP contribution in [0.5, 0.6) is 0 Å². The molecule has 1 heteroatoms. The third kappa shape index (κ3) is 8.15. The van der Waals surface area contributed by atoms with E-state index in [9.17, 15) is 0 Å². The molecule has 0 aliphatic carbocycles. The molecule has 0 aromatic rings. The summed E-state index contributed by atoms with van der Waals surface area (Å²) >= 11 is 0. The highest BCUT2D eigenvalue weighted by Crippen LogP contribution is 2.35. The molecule has 1 nitrogen and oxygen atoms in total. The van der Waals surface area contributed by atoms with Crippen LogP contribution in [0.1, 0.15) is 74.7 Å². The fourth-order valence-corrected chi connectivity index (χ4v) is 1.99. The van der Waals surface area contributed by atoms with Crippen molar-refractivity contribution < 1.29 is 0 Å². The van der Waals surface area contributed by atoms with Crippen molar-refractivity contribution in [1.29, 1.82) is 0 Å². The predicted octanol–water partition coefficient (Wildman–Crippen LogP) is 5.21. The highest BCUT2D eigenvalue weighted by atomic mass is 15.1. The van der Waals surface area contributed by atoms with E-state index in [0.717, 1.165) is 0 Å². The Bertz CT molecular complexity index is 106. The molecule has 1 fully saturated rings. The highest BCUT2D eigenvalue weighted by Gasteiger charge is 2.32. The minimum absolute atomic E-state index is 0.675. The van der Waals surface area contributed by atoms with Crippen LogP contribution in [0.4, 0.5) is 0 Å². The van der Waals surface area contributed by atoms with Crippen LogP contribution in [0.2, 0.25) is 0 Å². The number of rotatable bonds is 2. The maximum atomic E-state index is 2.45. The SMILES string of the molecule is CC.CC.CC.CCC1(CC)CCN(C)C1. The van der Waals surface area contributed by atoms with Gasteiger partial charge in [-0.15, -0.1) is 0 Å². The van der Waals surface area contributed by atoms with Crippen LogP contribution in [0.3, 0.4) is 0 Å². The molecule has 0 aromatic carbocycles. The smallest absolute Gasteiger partial charge is 0.00352 e. The van der Waals surface area contributed by atoms with Gasteiger partial charge in [-0.05, 0) is 38.3 Å². The van der Waals surface area contributed by atoms with Crippen molar-refractivity contribution in [3.8, 4) is 0 Å². The second kappa shape index (κ2) is 15.0. The summed E-state index contributed by atoms with van der Waals surface area (Å²) in [6.45, 7) is 19.3. The van der Waals surface area contributed by atoms with E-state index in [1.807, 2.05) is 41.5 Å². The van der Waals surface area contributed by atoms with Crippen molar-refractivity contribution in [2.45, 2.75) is 74.7 Å². The fraction of sp³-hybridized carbons (Fsp3) is 1.00. The Morgan fingerprint density at radius 3 is 1.38 bits per heavy atom. The van der Waals surface area contributed by atoms with Crippen LogP contribution < -0.4 is 0 Å². The molecular formula is C15H37N. The average Bonchev–Trinajstić information content (AvgIpc) is 2.79. The lowest BCUT2D eigenvalue weighted by atomic mass is 9.82. The summed E-state index contributed by atoms with van der Waals surface area (Å²) in [6.07, 6.45) is 4.12. The van der Waals surface area contributed by atoms with Crippen LogP contribution in [0.25, 0.3) is 0 Å². The molecular weight excluding hydrogens is 194 g/mol. The molecule has 1 aliphatic heterocycles. The van der Waals surface area contributed by atoms with Crippen molar-refractivity contribution in [3.63, 3.8) is 0 Å². The quantitative estimate of drug-likeness (QED) is 0.631. The monoisotopic (exact) mass is 231 g/mol. The van der Waals surface area contributed by atoms with Crippen molar-refractivity contribution >= 4 is 0 Å². The molecule has 0 N–H and O–H groups in total. The van der Waals surface area contributed by atoms with E-state index in [0.29, 0.717) is 5.41 Å². The Morgan fingerprint density at radius 1 is 0.875 bits per heavy atom. The standard InChI is InChI=1S/C9H19N.3C2H6/c1-4-9(5-2)6-7-10(3)8-9;3*1-2/h4-8H2,1-3H3;3*1-2H3. The fourth-order valence-electron chi connectivity index (χ4n) is 1.99. The van der Waals surface area contributed by atoms with E-state index in [1.54, 1.807) is 0 Å². The first-order valence-electron chi connectivity index (χ1n) is 7.41. The van der Waals surface area contributed by atoms with Gasteiger partial charge in [0.15, 0.2) is 0 Å². The number of nitrogens with zero attached hydrogens (tertiary/aromatic N) is 1. The van der Waals surface area contributed by atoms with E-state index in [2.05, 4.69) is 25.8 Å². The Balaban J connectivity index is -0.000000245. The van der Waals surface area contributed by atoms with Crippen molar-refractivity contribution in [2.24, 2.45) is 5.41 Å². The van der Waals surface area contributed by atoms with Gasteiger partial charge in [-0.2, -0.15) is 0 Å². The van der Waals surface area contributed by atoms with E-state index in [1.165, 1.54) is 32.4 Å². The Morgan fingerprint density at radius 2 is 1.25 bits per heavy atom. The zero-order valence-electron chi connectivity index (χ0n) is 13.5. The van der Waals surface area contributed by atoms with E-state index in [-0.39, 0.29) is 0 Å². The van der Waals surface area contributed by atoms with E-state index < -0.39 is 0 Å². The number of hydrogen-bond donors (Lipinski definition) is 0. The summed E-state index contributed by atoms with van der Waals surface area (Å²) in [7, 11) is 2.23. The van der Waals surface area contributed by atoms with Gasteiger partial charge in [0.05, 0.1) is 0 Å². The first kappa shape index (κ1) is 21.3. The summed E-state index contributed by atoms with van der Waals surface area (Å²) < 4.78 is 0. The molecule has 0 unspecified atom stereocenters.